The molecule has 166 valence electrons. The van der Waals surface area contributed by atoms with Crippen LogP contribution in [0.2, 0.25) is 0 Å². The van der Waals surface area contributed by atoms with E-state index >= 15 is 0 Å². The summed E-state index contributed by atoms with van der Waals surface area (Å²) in [5.74, 6) is -1.54. The van der Waals surface area contributed by atoms with Crippen LogP contribution in [0.1, 0.15) is 63.8 Å². The first-order chi connectivity index (χ1) is 16.4. The van der Waals surface area contributed by atoms with E-state index in [1.807, 2.05) is 0 Å². The van der Waals surface area contributed by atoms with Crippen LogP contribution in [0.4, 0.5) is 0 Å². The molecule has 1 saturated heterocycles. The van der Waals surface area contributed by atoms with Crippen LogP contribution in [-0.2, 0) is 20.6 Å². The molecule has 1 aromatic rings. The van der Waals surface area contributed by atoms with Crippen LogP contribution in [0.5, 0.6) is 0 Å². The molecule has 1 aliphatic carbocycles. The average molecular weight is 463 g/mol. The number of hydrogen-bond acceptors (Lipinski definition) is 4. The van der Waals surface area contributed by atoms with Gasteiger partial charge in [0.1, 0.15) is 6.16 Å². The third-order valence-corrected chi connectivity index (χ3v) is 8.14. The predicted octanol–water partition coefficient (Wildman–Crippen LogP) is -0.169. The summed E-state index contributed by atoms with van der Waals surface area (Å²) in [6.45, 7) is 0.275. The molecule has 2 aliphatic rings. The van der Waals surface area contributed by atoms with Gasteiger partial charge in [-0.3, -0.25) is 9.36 Å². The maximum absolute atomic E-state index is 12.8. The van der Waals surface area contributed by atoms with Crippen LogP contribution < -0.4 is 34.7 Å². The van der Waals surface area contributed by atoms with Gasteiger partial charge >= 0.3 is 29.6 Å². The molecule has 3 atom stereocenters. The molecule has 1 aromatic carbocycles. The second-order valence-corrected chi connectivity index (χ2v) is 11.0. The van der Waals surface area contributed by atoms with E-state index in [2.05, 4.69) is 0 Å². The molecule has 1 aliphatic heterocycles. The monoisotopic (exact) mass is 462 g/mol. The molecule has 31 heavy (non-hydrogen) atoms. The van der Waals surface area contributed by atoms with Gasteiger partial charge in [-0.05, 0) is 43.1 Å². The van der Waals surface area contributed by atoms with Gasteiger partial charge in [0, 0.05) is 12.7 Å². The van der Waals surface area contributed by atoms with Gasteiger partial charge < -0.3 is 19.7 Å². The zero-order valence-corrected chi connectivity index (χ0v) is 21.1. The Balaban J connectivity index is 0.00000456. The van der Waals surface area contributed by atoms with Gasteiger partial charge in [0.25, 0.3) is 0 Å². The van der Waals surface area contributed by atoms with Gasteiger partial charge in [0.05, 0.1) is 18.9 Å². The van der Waals surface area contributed by atoms with Gasteiger partial charge in [-0.15, -0.1) is 0 Å². The Bertz CT molecular complexity index is 994. The molecule has 0 radical (unpaired) electrons. The van der Waals surface area contributed by atoms with E-state index in [0.29, 0.717) is 18.8 Å². The molecule has 0 spiro atoms. The maximum Gasteiger partial charge on any atom is 1.00 e. The van der Waals surface area contributed by atoms with Crippen molar-refractivity contribution in [2.75, 3.05) is 18.9 Å². The third kappa shape index (κ3) is 8.01. The first-order valence-corrected chi connectivity index (χ1v) is 12.8. The number of carboxylic acids is 1. The molecule has 3 rings (SSSR count). The van der Waals surface area contributed by atoms with Crippen molar-refractivity contribution >= 4 is 19.2 Å². The van der Waals surface area contributed by atoms with Crippen molar-refractivity contribution in [3.63, 3.8) is 0 Å². The Kier molecular flexibility index (Phi) is 8.01. The molecule has 8 heteroatoms. The normalized spacial score (nSPS) is 26.0. The van der Waals surface area contributed by atoms with Gasteiger partial charge in [-0.25, -0.2) is 0 Å². The zero-order valence-electron chi connectivity index (χ0n) is 23.2. The summed E-state index contributed by atoms with van der Waals surface area (Å²) < 4.78 is 51.7. The number of carboxylic acid groups (broad SMARTS) is 1. The second kappa shape index (κ2) is 12.6. The first-order valence-electron chi connectivity index (χ1n) is 13.3. The van der Waals surface area contributed by atoms with E-state index in [1.165, 1.54) is 11.3 Å². The Morgan fingerprint density at radius 2 is 1.81 bits per heavy atom. The fourth-order valence-electron chi connectivity index (χ4n) is 4.76. The average Bonchev–Trinajstić information content (AvgIpc) is 3.27. The number of hydrogen-bond donors (Lipinski definition) is 1. The summed E-state index contributed by atoms with van der Waals surface area (Å²) in [4.78, 5) is 36.1. The summed E-state index contributed by atoms with van der Waals surface area (Å²) >= 11 is 0. The van der Waals surface area contributed by atoms with Gasteiger partial charge in [-0.2, -0.15) is 0 Å². The Labute approximate surface area is 214 Å². The summed E-state index contributed by atoms with van der Waals surface area (Å²) in [6.07, 6.45) is 5.57. The molecular formula is C23H33NNaO5P. The van der Waals surface area contributed by atoms with E-state index in [1.54, 1.807) is 0 Å². The van der Waals surface area contributed by atoms with Gasteiger partial charge in [-0.1, -0.05) is 62.3 Å². The standard InChI is InChI=1S/C23H34NO5P.Na/c25-22(17-30(28,29)14-8-7-11-18-9-3-1-4-10-18)24-16-20(15-21(24)23(26)27)19-12-5-2-6-13-19;/h1,3-4,9-10,19-21H,2,5-8,11-17H2,(H,26,27)(H,28,29);/q;+1/p-1/t20-,21-;/m1./s1/i1D,3D,4D,9D,10D;. The Morgan fingerprint density at radius 1 is 1.13 bits per heavy atom. The number of likely N-dealkylation sites (tertiary alicyclic amines) is 1. The van der Waals surface area contributed by atoms with Crippen molar-refractivity contribution in [2.45, 2.75) is 63.8 Å². The van der Waals surface area contributed by atoms with Gasteiger partial charge in [0.2, 0.25) is 13.3 Å². The second-order valence-electron chi connectivity index (χ2n) is 8.56. The minimum atomic E-state index is -3.88. The Morgan fingerprint density at radius 3 is 2.45 bits per heavy atom. The minimum Gasteiger partial charge on any atom is -0.548 e. The van der Waals surface area contributed by atoms with Crippen molar-refractivity contribution in [3.8, 4) is 0 Å². The molecule has 0 aromatic heterocycles. The number of aliphatic carboxylic acids is 1. The number of carbonyl (C=O) groups excluding carboxylic acids is 2. The molecular weight excluding hydrogens is 424 g/mol. The number of benzene rings is 1. The van der Waals surface area contributed by atoms with Crippen LogP contribution in [0, 0.1) is 11.8 Å². The van der Waals surface area contributed by atoms with Crippen molar-refractivity contribution < 1.29 is 60.6 Å². The number of amides is 1. The van der Waals surface area contributed by atoms with E-state index in [9.17, 15) is 24.2 Å². The summed E-state index contributed by atoms with van der Waals surface area (Å²) in [5, 5.41) is 11.7. The predicted molar refractivity (Wildman–Crippen MR) is 114 cm³/mol. The number of carbonyl (C=O) groups is 2. The largest absolute Gasteiger partial charge is 1.00 e. The fourth-order valence-corrected chi connectivity index (χ4v) is 6.24. The SMILES string of the molecule is [2H]c1c([2H])c([2H])c(CCCCP(=O)(O)CC(=O)N2C[C@H](C3CCCCC3)C[C@@H]2C(=O)[O-])c([2H])c1[2H].[Na+]. The summed E-state index contributed by atoms with van der Waals surface area (Å²) in [6, 6.07) is -2.94. The van der Waals surface area contributed by atoms with Crippen LogP contribution in [0.3, 0.4) is 0 Å². The van der Waals surface area contributed by atoms with E-state index in [4.69, 9.17) is 6.85 Å². The molecule has 1 amide bonds. The van der Waals surface area contributed by atoms with Crippen molar-refractivity contribution in [2.24, 2.45) is 11.8 Å². The molecule has 6 nitrogen and oxygen atoms in total. The molecule has 1 heterocycles. The Hall–Kier alpha value is -0.650. The van der Waals surface area contributed by atoms with Crippen LogP contribution in [0.15, 0.2) is 30.2 Å². The molecule has 0 bridgehead atoms. The molecule has 1 unspecified atom stereocenters. The minimum absolute atomic E-state index is 0. The zero-order chi connectivity index (χ0) is 25.9. The van der Waals surface area contributed by atoms with E-state index in [-0.39, 0.29) is 78.7 Å². The first kappa shape index (κ1) is 19.8. The molecule has 1 saturated carbocycles. The number of unbranched alkanes of at least 4 members (excludes halogenated alkanes) is 1. The number of rotatable bonds is 9. The van der Waals surface area contributed by atoms with Gasteiger partial charge in [0.15, 0.2) is 0 Å². The van der Waals surface area contributed by atoms with Crippen molar-refractivity contribution in [1.82, 2.24) is 4.90 Å². The quantitative estimate of drug-likeness (QED) is 0.312. The molecule has 2 fully saturated rings. The summed E-state index contributed by atoms with van der Waals surface area (Å²) in [5.41, 5.74) is 0.155. The van der Waals surface area contributed by atoms with Crippen LogP contribution >= 0.6 is 7.37 Å². The summed E-state index contributed by atoms with van der Waals surface area (Å²) in [7, 11) is -3.88. The van der Waals surface area contributed by atoms with Crippen molar-refractivity contribution in [3.05, 3.63) is 35.8 Å². The molecule has 1 N–H and O–H groups in total. The van der Waals surface area contributed by atoms with E-state index < -0.39 is 49.6 Å². The van der Waals surface area contributed by atoms with Crippen LogP contribution in [-0.4, -0.2) is 46.6 Å². The van der Waals surface area contributed by atoms with Crippen LogP contribution in [0.25, 0.3) is 0 Å². The smallest absolute Gasteiger partial charge is 0.548 e. The topological polar surface area (TPSA) is 97.7 Å². The maximum atomic E-state index is 12.8. The number of nitrogens with zero attached hydrogens (tertiary/aromatic N) is 1. The van der Waals surface area contributed by atoms with E-state index in [0.717, 1.165) is 25.7 Å². The fraction of sp³-hybridized carbons (Fsp3) is 0.652. The van der Waals surface area contributed by atoms with Crippen molar-refractivity contribution in [1.29, 1.82) is 0 Å². The third-order valence-electron chi connectivity index (χ3n) is 6.36.